The number of rotatable bonds is 4. The van der Waals surface area contributed by atoms with Crippen molar-refractivity contribution >= 4 is 33.7 Å². The number of pyridine rings is 2. The first kappa shape index (κ1) is 23.4. The van der Waals surface area contributed by atoms with Gasteiger partial charge in [0.05, 0.1) is 29.6 Å². The summed E-state index contributed by atoms with van der Waals surface area (Å²) in [5, 5.41) is 3.26. The van der Waals surface area contributed by atoms with Crippen molar-refractivity contribution in [3.63, 3.8) is 0 Å². The van der Waals surface area contributed by atoms with Crippen LogP contribution in [0.2, 0.25) is 0 Å². The van der Waals surface area contributed by atoms with Gasteiger partial charge < -0.3 is 14.9 Å². The molecule has 0 spiro atoms. The Balaban J connectivity index is 1.61. The number of aromatic nitrogens is 4. The minimum Gasteiger partial charge on any atom is -0.346 e. The van der Waals surface area contributed by atoms with Crippen LogP contribution in [0.15, 0.2) is 67.1 Å². The van der Waals surface area contributed by atoms with Gasteiger partial charge in [0.1, 0.15) is 17.0 Å². The summed E-state index contributed by atoms with van der Waals surface area (Å²) in [4.78, 5) is 24.1. The monoisotopic (exact) mass is 503 g/mol. The summed E-state index contributed by atoms with van der Waals surface area (Å²) in [5.74, 6) is -0.747. The van der Waals surface area contributed by atoms with E-state index in [1.165, 1.54) is 30.5 Å². The zero-order valence-electron chi connectivity index (χ0n) is 18.1. The van der Waals surface area contributed by atoms with Crippen LogP contribution in [-0.4, -0.2) is 25.4 Å². The minimum atomic E-state index is -4.69. The van der Waals surface area contributed by atoms with Crippen molar-refractivity contribution in [1.82, 2.24) is 19.5 Å². The zero-order valence-corrected chi connectivity index (χ0v) is 18.1. The molecule has 0 aliphatic rings. The molecule has 4 aromatic heterocycles. The van der Waals surface area contributed by atoms with Gasteiger partial charge in [-0.05, 0) is 35.9 Å². The molecule has 0 bridgehead atoms. The summed E-state index contributed by atoms with van der Waals surface area (Å²) in [5.41, 5.74) is -1.50. The van der Waals surface area contributed by atoms with Crippen LogP contribution in [0.3, 0.4) is 0 Å². The first-order chi connectivity index (χ1) is 17.0. The Morgan fingerprint density at radius 2 is 1.69 bits per heavy atom. The molecule has 0 radical (unpaired) electrons. The van der Waals surface area contributed by atoms with Crippen molar-refractivity contribution < 1.29 is 31.1 Å². The molecule has 2 N–H and O–H groups in total. The summed E-state index contributed by atoms with van der Waals surface area (Å²) >= 11 is 0. The van der Waals surface area contributed by atoms with Crippen LogP contribution in [-0.2, 0) is 18.9 Å². The van der Waals surface area contributed by atoms with Gasteiger partial charge in [-0.1, -0.05) is 18.2 Å². The van der Waals surface area contributed by atoms with Crippen molar-refractivity contribution in [2.75, 3.05) is 5.32 Å². The molecule has 0 saturated heterocycles. The molecule has 6 nitrogen and oxygen atoms in total. The zero-order chi connectivity index (χ0) is 25.7. The number of nitrogens with one attached hydrogen (secondary N) is 2. The topological polar surface area (TPSA) is 75.6 Å². The fourth-order valence-corrected chi connectivity index (χ4v) is 3.96. The maximum absolute atomic E-state index is 13.6. The number of alkyl halides is 6. The number of hydrogen-bond acceptors (Lipinski definition) is 3. The summed E-state index contributed by atoms with van der Waals surface area (Å²) in [6.45, 7) is -0.449. The van der Waals surface area contributed by atoms with Gasteiger partial charge in [-0.15, -0.1) is 0 Å². The second-order valence-corrected chi connectivity index (χ2v) is 8.00. The number of hydrogen-bond donors (Lipinski definition) is 2. The lowest BCUT2D eigenvalue weighted by Gasteiger charge is -2.16. The van der Waals surface area contributed by atoms with Gasteiger partial charge in [0.25, 0.3) is 5.91 Å². The van der Waals surface area contributed by atoms with Crippen molar-refractivity contribution in [1.29, 1.82) is 0 Å². The summed E-state index contributed by atoms with van der Waals surface area (Å²) in [6, 6.07) is 10.1. The first-order valence-corrected chi connectivity index (χ1v) is 10.5. The van der Waals surface area contributed by atoms with Crippen molar-refractivity contribution in [2.24, 2.45) is 0 Å². The Morgan fingerprint density at radius 3 is 2.44 bits per heavy atom. The van der Waals surface area contributed by atoms with Crippen LogP contribution in [0, 0.1) is 0 Å². The van der Waals surface area contributed by atoms with Gasteiger partial charge in [0.2, 0.25) is 0 Å². The summed E-state index contributed by atoms with van der Waals surface area (Å²) < 4.78 is 81.6. The molecule has 0 saturated carbocycles. The van der Waals surface area contributed by atoms with Crippen LogP contribution in [0.4, 0.5) is 32.0 Å². The van der Waals surface area contributed by atoms with Gasteiger partial charge in [-0.2, -0.15) is 26.3 Å². The Bertz CT molecular complexity index is 1600. The van der Waals surface area contributed by atoms with E-state index >= 15 is 0 Å². The first-order valence-electron chi connectivity index (χ1n) is 10.5. The summed E-state index contributed by atoms with van der Waals surface area (Å²) in [7, 11) is 0. The van der Waals surface area contributed by atoms with Gasteiger partial charge in [0.15, 0.2) is 0 Å². The van der Waals surface area contributed by atoms with Gasteiger partial charge in [0, 0.05) is 23.2 Å². The van der Waals surface area contributed by atoms with Crippen LogP contribution in [0.25, 0.3) is 22.1 Å². The van der Waals surface area contributed by atoms with Crippen LogP contribution in [0.5, 0.6) is 0 Å². The Kier molecular flexibility index (Phi) is 5.46. The highest BCUT2D eigenvalue weighted by atomic mass is 19.4. The lowest BCUT2D eigenvalue weighted by atomic mass is 10.1. The van der Waals surface area contributed by atoms with E-state index in [4.69, 9.17) is 0 Å². The Labute approximate surface area is 198 Å². The second kappa shape index (κ2) is 8.40. The van der Waals surface area contributed by atoms with Crippen molar-refractivity contribution in [2.45, 2.75) is 18.9 Å². The molecular formula is C24H15F6N5O. The van der Waals surface area contributed by atoms with Crippen molar-refractivity contribution in [3.05, 3.63) is 89.5 Å². The highest BCUT2D eigenvalue weighted by Gasteiger charge is 2.34. The second-order valence-electron chi connectivity index (χ2n) is 8.00. The lowest BCUT2D eigenvalue weighted by molar-refractivity contribution is -0.138. The number of nitrogens with zero attached hydrogens (tertiary/aromatic N) is 3. The number of halogens is 6. The molecule has 1 aromatic carbocycles. The fourth-order valence-electron chi connectivity index (χ4n) is 3.96. The lowest BCUT2D eigenvalue weighted by Crippen LogP contribution is -2.19. The number of aromatic amines is 1. The number of anilines is 1. The number of amides is 1. The normalized spacial score (nSPS) is 12.4. The Morgan fingerprint density at radius 1 is 0.917 bits per heavy atom. The summed E-state index contributed by atoms with van der Waals surface area (Å²) in [6.07, 6.45) is -5.74. The van der Waals surface area contributed by atoms with E-state index in [0.29, 0.717) is 22.9 Å². The maximum atomic E-state index is 13.6. The van der Waals surface area contributed by atoms with Gasteiger partial charge >= 0.3 is 12.4 Å². The van der Waals surface area contributed by atoms with Crippen LogP contribution < -0.4 is 5.32 Å². The SMILES string of the molecule is O=C(Nc1cnc2[nH]ccc2c1)c1cc2cc(C(F)(F)F)cnc2n1Cc1ccccc1C(F)(F)F. The molecule has 0 unspecified atom stereocenters. The third-order valence-electron chi connectivity index (χ3n) is 5.60. The third kappa shape index (κ3) is 4.37. The van der Waals surface area contributed by atoms with E-state index in [1.807, 2.05) is 0 Å². The van der Waals surface area contributed by atoms with E-state index in [9.17, 15) is 31.1 Å². The van der Waals surface area contributed by atoms with Gasteiger partial charge in [-0.3, -0.25) is 4.79 Å². The minimum absolute atomic E-state index is 0.0429. The van der Waals surface area contributed by atoms with Crippen LogP contribution >= 0.6 is 0 Å². The fraction of sp³-hybridized carbons (Fsp3) is 0.125. The molecule has 5 aromatic rings. The number of H-pyrrole nitrogens is 1. The molecule has 184 valence electrons. The van der Waals surface area contributed by atoms with E-state index in [1.54, 1.807) is 18.3 Å². The largest absolute Gasteiger partial charge is 0.417 e. The number of carbonyl (C=O) groups is 1. The number of fused-ring (bicyclic) bond motifs is 2. The molecule has 0 atom stereocenters. The number of benzene rings is 1. The highest BCUT2D eigenvalue weighted by Crippen LogP contribution is 2.34. The van der Waals surface area contributed by atoms with Crippen LogP contribution in [0.1, 0.15) is 27.2 Å². The molecule has 0 fully saturated rings. The molecule has 12 heteroatoms. The molecule has 0 aliphatic carbocycles. The van der Waals surface area contributed by atoms with E-state index in [0.717, 1.165) is 16.7 Å². The predicted molar refractivity (Wildman–Crippen MR) is 119 cm³/mol. The Hall–Kier alpha value is -4.35. The third-order valence-corrected chi connectivity index (χ3v) is 5.60. The van der Waals surface area contributed by atoms with Gasteiger partial charge in [-0.25, -0.2) is 9.97 Å². The maximum Gasteiger partial charge on any atom is 0.417 e. The average Bonchev–Trinajstić information content (AvgIpc) is 3.42. The molecular weight excluding hydrogens is 488 g/mol. The average molecular weight is 503 g/mol. The molecule has 0 aliphatic heterocycles. The quantitative estimate of drug-likeness (QED) is 0.285. The van der Waals surface area contributed by atoms with E-state index in [2.05, 4.69) is 20.3 Å². The highest BCUT2D eigenvalue weighted by molar-refractivity contribution is 6.06. The molecule has 36 heavy (non-hydrogen) atoms. The molecule has 4 heterocycles. The molecule has 5 rings (SSSR count). The number of carbonyl (C=O) groups excluding carboxylic acids is 1. The van der Waals surface area contributed by atoms with E-state index < -0.39 is 35.9 Å². The van der Waals surface area contributed by atoms with E-state index in [-0.39, 0.29) is 22.3 Å². The smallest absolute Gasteiger partial charge is 0.346 e. The molecule has 1 amide bonds. The predicted octanol–water partition coefficient (Wildman–Crippen LogP) is 6.25. The van der Waals surface area contributed by atoms with Crippen molar-refractivity contribution in [3.8, 4) is 0 Å². The standard InChI is InChI=1S/C24H15F6N5O/c25-23(26,27)16-7-15-9-19(22(36)34-17-8-13-5-6-31-20(13)32-11-17)35(21(15)33-10-16)12-14-3-1-2-4-18(14)24(28,29)30/h1-11H,12H2,(H,31,32)(H,34,36).